The molecule has 0 saturated heterocycles. The van der Waals surface area contributed by atoms with Crippen LogP contribution in [0.1, 0.15) is 48.2 Å². The Hall–Kier alpha value is -0.570. The summed E-state index contributed by atoms with van der Waals surface area (Å²) in [5.74, 6) is 0. The highest BCUT2D eigenvalue weighted by atomic mass is 31.2. The highest BCUT2D eigenvalue weighted by Crippen LogP contribution is 2.42. The van der Waals surface area contributed by atoms with E-state index >= 15 is 0 Å². The molecule has 0 aliphatic heterocycles. The first-order chi connectivity index (χ1) is 10.5. The molecule has 2 aliphatic rings. The van der Waals surface area contributed by atoms with E-state index < -0.39 is 7.37 Å². The molecule has 3 rings (SSSR count). The van der Waals surface area contributed by atoms with Crippen molar-refractivity contribution in [2.75, 3.05) is 26.5 Å². The van der Waals surface area contributed by atoms with Gasteiger partial charge in [-0.2, -0.15) is 0 Å². The van der Waals surface area contributed by atoms with Gasteiger partial charge in [0, 0.05) is 24.1 Å². The first-order valence-electron chi connectivity index (χ1n) is 8.65. The molecule has 1 atom stereocenters. The Morgan fingerprint density at radius 3 is 2.00 bits per heavy atom. The van der Waals surface area contributed by atoms with Crippen molar-refractivity contribution >= 4 is 7.37 Å². The highest BCUT2D eigenvalue weighted by molar-refractivity contribution is 7.57. The predicted octanol–water partition coefficient (Wildman–Crippen LogP) is 3.04. The largest absolute Gasteiger partial charge is 0.347 e. The Balaban J connectivity index is 1.84. The zero-order valence-electron chi connectivity index (χ0n) is 14.0. The van der Waals surface area contributed by atoms with E-state index in [1.165, 1.54) is 49.9 Å². The number of fused-ring (bicyclic) bond motifs is 3. The minimum absolute atomic E-state index is 0.290. The molecular weight excluding hydrogens is 295 g/mol. The Labute approximate surface area is 134 Å². The lowest BCUT2D eigenvalue weighted by Gasteiger charge is -2.21. The maximum Gasteiger partial charge on any atom is 0.215 e. The number of hydrogen-bond donors (Lipinski definition) is 1. The van der Waals surface area contributed by atoms with Crippen LogP contribution in [0.2, 0.25) is 0 Å². The highest BCUT2D eigenvalue weighted by Gasteiger charge is 2.27. The third-order valence-electron chi connectivity index (χ3n) is 5.07. The Kier molecular flexibility index (Phi) is 4.82. The molecule has 0 amide bonds. The molecule has 0 fully saturated rings. The van der Waals surface area contributed by atoms with E-state index in [9.17, 15) is 9.46 Å². The Morgan fingerprint density at radius 2 is 1.50 bits per heavy atom. The quantitative estimate of drug-likeness (QED) is 0.847. The van der Waals surface area contributed by atoms with Gasteiger partial charge in [-0.1, -0.05) is 0 Å². The summed E-state index contributed by atoms with van der Waals surface area (Å²) >= 11 is 0. The molecule has 124 valence electrons. The van der Waals surface area contributed by atoms with E-state index in [4.69, 9.17) is 0 Å². The fourth-order valence-corrected chi connectivity index (χ4v) is 5.76. The normalized spacial score (nSPS) is 20.5. The first-order valence-corrected chi connectivity index (χ1v) is 10.7. The molecule has 1 aromatic rings. The topological polar surface area (TPSA) is 45.5 Å². The van der Waals surface area contributed by atoms with Gasteiger partial charge in [-0.15, -0.1) is 0 Å². The van der Waals surface area contributed by atoms with Crippen molar-refractivity contribution in [2.24, 2.45) is 0 Å². The summed E-state index contributed by atoms with van der Waals surface area (Å²) in [5.41, 5.74) is 6.17. The second kappa shape index (κ2) is 6.51. The van der Waals surface area contributed by atoms with Gasteiger partial charge in [0.05, 0.1) is 6.29 Å². The lowest BCUT2D eigenvalue weighted by atomic mass is 9.89. The van der Waals surface area contributed by atoms with Crippen LogP contribution >= 0.6 is 7.37 Å². The van der Waals surface area contributed by atoms with Crippen LogP contribution in [0.25, 0.3) is 0 Å². The average Bonchev–Trinajstić information content (AvgIpc) is 2.78. The van der Waals surface area contributed by atoms with Crippen molar-refractivity contribution in [1.29, 1.82) is 0 Å². The van der Waals surface area contributed by atoms with Gasteiger partial charge in [0.15, 0.2) is 0 Å². The monoisotopic (exact) mass is 324 g/mol. The van der Waals surface area contributed by atoms with E-state index in [0.29, 0.717) is 12.4 Å². The van der Waals surface area contributed by atoms with Gasteiger partial charge < -0.3 is 14.4 Å². The molecule has 1 N–H and O–H groups in total. The molecule has 5 heteroatoms. The summed E-state index contributed by atoms with van der Waals surface area (Å²) in [6.45, 7) is 0.722. The molecule has 0 bridgehead atoms. The van der Waals surface area contributed by atoms with Crippen LogP contribution in [0.15, 0.2) is 0 Å². The molecule has 0 spiro atoms. The third kappa shape index (κ3) is 3.34. The summed E-state index contributed by atoms with van der Waals surface area (Å²) in [7, 11) is 0.670. The minimum atomic E-state index is -3.06. The van der Waals surface area contributed by atoms with Gasteiger partial charge in [-0.25, -0.2) is 0 Å². The summed E-state index contributed by atoms with van der Waals surface area (Å²) in [6, 6.07) is 0. The van der Waals surface area contributed by atoms with Crippen LogP contribution < -0.4 is 0 Å². The van der Waals surface area contributed by atoms with Gasteiger partial charge in [-0.3, -0.25) is 4.57 Å². The van der Waals surface area contributed by atoms with E-state index in [1.807, 2.05) is 19.0 Å². The van der Waals surface area contributed by atoms with E-state index in [1.54, 1.807) is 11.1 Å². The molecule has 1 unspecified atom stereocenters. The van der Waals surface area contributed by atoms with Gasteiger partial charge >= 0.3 is 0 Å². The van der Waals surface area contributed by atoms with Crippen molar-refractivity contribution in [3.63, 3.8) is 0 Å². The fraction of sp³-hybridized carbons (Fsp3) is 0.765. The molecule has 22 heavy (non-hydrogen) atoms. The lowest BCUT2D eigenvalue weighted by Crippen LogP contribution is -2.18. The van der Waals surface area contributed by atoms with Crippen LogP contribution in [0.3, 0.4) is 0 Å². The molecule has 1 aromatic heterocycles. The third-order valence-corrected chi connectivity index (χ3v) is 6.98. The number of aromatic nitrogens is 1. The molecule has 0 radical (unpaired) electrons. The molecule has 0 aromatic carbocycles. The van der Waals surface area contributed by atoms with Crippen LogP contribution in [-0.4, -0.2) is 40.9 Å². The smallest absolute Gasteiger partial charge is 0.215 e. The van der Waals surface area contributed by atoms with E-state index in [-0.39, 0.29) is 0 Å². The second-order valence-electron chi connectivity index (χ2n) is 7.21. The van der Waals surface area contributed by atoms with Crippen LogP contribution in [0.5, 0.6) is 0 Å². The van der Waals surface area contributed by atoms with Gasteiger partial charge in [0.1, 0.15) is 0 Å². The zero-order chi connectivity index (χ0) is 15.7. The lowest BCUT2D eigenvalue weighted by molar-refractivity contribution is 0.411. The predicted molar refractivity (Wildman–Crippen MR) is 91.0 cm³/mol. The van der Waals surface area contributed by atoms with Crippen molar-refractivity contribution in [3.05, 3.63) is 22.5 Å². The average molecular weight is 324 g/mol. The summed E-state index contributed by atoms with van der Waals surface area (Å²) < 4.78 is 14.8. The fourth-order valence-electron chi connectivity index (χ4n) is 4.23. The second-order valence-corrected chi connectivity index (χ2v) is 9.63. The van der Waals surface area contributed by atoms with Crippen molar-refractivity contribution in [1.82, 2.24) is 9.47 Å². The standard InChI is InChI=1S/C17H29N2O2P/c1-18(2)13-22(20,21)12-11-19-16-9-5-3-7-14(16)15-8-4-6-10-17(15)19/h3-13H2,1-2H3,(H,20,21). The Morgan fingerprint density at radius 1 is 1.00 bits per heavy atom. The van der Waals surface area contributed by atoms with Gasteiger partial charge in [-0.05, 0) is 76.6 Å². The Bertz CT molecular complexity index is 558. The summed E-state index contributed by atoms with van der Waals surface area (Å²) in [6.07, 6.45) is 10.6. The SMILES string of the molecule is CN(C)CP(=O)(O)CCn1c2c(c3c1CCCC3)CCCC2. The van der Waals surface area contributed by atoms with Crippen LogP contribution in [0, 0.1) is 0 Å². The van der Waals surface area contributed by atoms with E-state index in [2.05, 4.69) is 4.57 Å². The summed E-state index contributed by atoms with van der Waals surface area (Å²) in [4.78, 5) is 12.0. The first kappa shape index (κ1) is 16.3. The van der Waals surface area contributed by atoms with Crippen molar-refractivity contribution in [3.8, 4) is 0 Å². The van der Waals surface area contributed by atoms with Crippen molar-refractivity contribution < 1.29 is 9.46 Å². The number of hydrogen-bond acceptors (Lipinski definition) is 2. The molecular formula is C17H29N2O2P. The van der Waals surface area contributed by atoms with E-state index in [0.717, 1.165) is 19.4 Å². The van der Waals surface area contributed by atoms with Crippen LogP contribution in [0.4, 0.5) is 0 Å². The molecule has 1 heterocycles. The van der Waals surface area contributed by atoms with Crippen molar-refractivity contribution in [2.45, 2.75) is 57.9 Å². The maximum atomic E-state index is 12.4. The van der Waals surface area contributed by atoms with Gasteiger partial charge in [0.2, 0.25) is 7.37 Å². The molecule has 0 saturated carbocycles. The number of nitrogens with zero attached hydrogens (tertiary/aromatic N) is 2. The molecule has 2 aliphatic carbocycles. The maximum absolute atomic E-state index is 12.4. The minimum Gasteiger partial charge on any atom is -0.347 e. The zero-order valence-corrected chi connectivity index (χ0v) is 14.9. The number of rotatable bonds is 5. The molecule has 4 nitrogen and oxygen atoms in total. The van der Waals surface area contributed by atoms with Gasteiger partial charge in [0.25, 0.3) is 0 Å². The van der Waals surface area contributed by atoms with Crippen LogP contribution in [-0.2, 0) is 36.8 Å². The summed E-state index contributed by atoms with van der Waals surface area (Å²) in [5, 5.41) is 0.